The van der Waals surface area contributed by atoms with E-state index in [2.05, 4.69) is 22.2 Å². The molecular weight excluding hydrogens is 322 g/mol. The average Bonchev–Trinajstić information content (AvgIpc) is 2.96. The molecule has 1 aromatic carbocycles. The Morgan fingerprint density at radius 1 is 1.35 bits per heavy atom. The third-order valence-corrected chi connectivity index (χ3v) is 4.02. The second kappa shape index (κ2) is 8.61. The lowest BCUT2D eigenvalue weighted by Crippen LogP contribution is -2.01. The Labute approximate surface area is 137 Å². The molecule has 0 aliphatic rings. The van der Waals surface area contributed by atoms with Gasteiger partial charge in [-0.3, -0.25) is 0 Å². The highest BCUT2D eigenvalue weighted by molar-refractivity contribution is 7.99. The summed E-state index contributed by atoms with van der Waals surface area (Å²) in [5.74, 6) is 0.931. The number of rotatable bonds is 8. The van der Waals surface area contributed by atoms with Crippen LogP contribution < -0.4 is 4.74 Å². The van der Waals surface area contributed by atoms with Crippen molar-refractivity contribution in [3.63, 3.8) is 0 Å². The van der Waals surface area contributed by atoms with E-state index in [0.717, 1.165) is 23.3 Å². The minimum Gasteiger partial charge on any atom is -0.496 e. The molecule has 2 aromatic rings. The number of nitrogens with zero attached hydrogens (tertiary/aromatic N) is 4. The molecule has 0 radical (unpaired) electrons. The molecule has 0 N–H and O–H groups in total. The predicted octanol–water partition coefficient (Wildman–Crippen LogP) is 4.00. The van der Waals surface area contributed by atoms with Gasteiger partial charge in [0.1, 0.15) is 5.75 Å². The fraction of sp³-hybridized carbons (Fsp3) is 0.400. The molecule has 0 bridgehead atoms. The zero-order valence-corrected chi connectivity index (χ0v) is 13.8. The number of halogens is 2. The van der Waals surface area contributed by atoms with Crippen LogP contribution in [0.1, 0.15) is 37.6 Å². The molecule has 0 saturated carbocycles. The van der Waals surface area contributed by atoms with Crippen LogP contribution in [0.3, 0.4) is 0 Å². The number of aromatic nitrogens is 3. The lowest BCUT2D eigenvalue weighted by atomic mass is 10.2. The van der Waals surface area contributed by atoms with E-state index >= 15 is 0 Å². The SMILES string of the molecule is CCCCSc1nnc(C(F)F)n1/N=C/c1ccccc1OC. The molecule has 8 heteroatoms. The van der Waals surface area contributed by atoms with Crippen molar-refractivity contribution < 1.29 is 13.5 Å². The molecule has 1 aromatic heterocycles. The van der Waals surface area contributed by atoms with Gasteiger partial charge in [0.15, 0.2) is 0 Å². The number of ether oxygens (including phenoxy) is 1. The monoisotopic (exact) mass is 340 g/mol. The quantitative estimate of drug-likeness (QED) is 0.414. The highest BCUT2D eigenvalue weighted by atomic mass is 32.2. The van der Waals surface area contributed by atoms with Gasteiger partial charge in [0, 0.05) is 11.3 Å². The standard InChI is InChI=1S/C15H18F2N4OS/c1-3-4-9-23-15-20-19-14(13(16)17)21(15)18-10-11-7-5-6-8-12(11)22-2/h5-8,10,13H,3-4,9H2,1-2H3/b18-10+. The van der Waals surface area contributed by atoms with E-state index in [-0.39, 0.29) is 0 Å². The normalized spacial score (nSPS) is 11.5. The van der Waals surface area contributed by atoms with Crippen LogP contribution in [0.25, 0.3) is 0 Å². The van der Waals surface area contributed by atoms with Gasteiger partial charge in [-0.25, -0.2) is 8.78 Å². The van der Waals surface area contributed by atoms with Crippen LogP contribution in [0, 0.1) is 0 Å². The summed E-state index contributed by atoms with van der Waals surface area (Å²) in [5.41, 5.74) is 0.688. The highest BCUT2D eigenvalue weighted by Crippen LogP contribution is 2.24. The zero-order chi connectivity index (χ0) is 16.7. The second-order valence-electron chi connectivity index (χ2n) is 4.64. The maximum absolute atomic E-state index is 13.1. The zero-order valence-electron chi connectivity index (χ0n) is 12.9. The van der Waals surface area contributed by atoms with Crippen LogP contribution in [0.2, 0.25) is 0 Å². The minimum absolute atomic E-state index is 0.361. The number of methoxy groups -OCH3 is 1. The number of benzene rings is 1. The van der Waals surface area contributed by atoms with Crippen molar-refractivity contribution in [2.45, 2.75) is 31.3 Å². The van der Waals surface area contributed by atoms with Gasteiger partial charge in [-0.15, -0.1) is 10.2 Å². The summed E-state index contributed by atoms with van der Waals surface area (Å²) < 4.78 is 32.5. The van der Waals surface area contributed by atoms with Crippen LogP contribution >= 0.6 is 11.8 Å². The molecule has 0 atom stereocenters. The van der Waals surface area contributed by atoms with Gasteiger partial charge < -0.3 is 4.74 Å². The Bertz CT molecular complexity index is 661. The number of alkyl halides is 2. The third-order valence-electron chi connectivity index (χ3n) is 3.01. The molecule has 124 valence electrons. The molecule has 0 amide bonds. The Kier molecular flexibility index (Phi) is 6.52. The van der Waals surface area contributed by atoms with Gasteiger partial charge in [-0.1, -0.05) is 37.2 Å². The molecule has 1 heterocycles. The fourth-order valence-electron chi connectivity index (χ4n) is 1.81. The Balaban J connectivity index is 2.29. The lowest BCUT2D eigenvalue weighted by Gasteiger charge is -2.05. The smallest absolute Gasteiger partial charge is 0.299 e. The third kappa shape index (κ3) is 4.51. The topological polar surface area (TPSA) is 52.3 Å². The molecule has 0 aliphatic carbocycles. The summed E-state index contributed by atoms with van der Waals surface area (Å²) in [4.78, 5) is 0. The molecule has 5 nitrogen and oxygen atoms in total. The summed E-state index contributed by atoms with van der Waals surface area (Å²) in [5, 5.41) is 11.9. The molecule has 0 saturated heterocycles. The first-order valence-electron chi connectivity index (χ1n) is 7.21. The molecule has 0 aliphatic heterocycles. The Morgan fingerprint density at radius 2 is 2.13 bits per heavy atom. The summed E-state index contributed by atoms with van der Waals surface area (Å²) in [6.45, 7) is 2.07. The van der Waals surface area contributed by atoms with Gasteiger partial charge in [0.05, 0.1) is 13.3 Å². The number of thioether (sulfide) groups is 1. The van der Waals surface area contributed by atoms with Gasteiger partial charge in [-0.2, -0.15) is 9.78 Å². The largest absolute Gasteiger partial charge is 0.496 e. The number of hydrogen-bond donors (Lipinski definition) is 0. The molecule has 0 spiro atoms. The summed E-state index contributed by atoms with van der Waals surface area (Å²) in [6.07, 6.45) is 0.723. The second-order valence-corrected chi connectivity index (χ2v) is 5.70. The van der Waals surface area contributed by atoms with E-state index < -0.39 is 12.2 Å². The van der Waals surface area contributed by atoms with Crippen molar-refractivity contribution >= 4 is 18.0 Å². The maximum atomic E-state index is 13.1. The number of para-hydroxylation sites is 1. The maximum Gasteiger partial charge on any atom is 0.299 e. The predicted molar refractivity (Wildman–Crippen MR) is 86.6 cm³/mol. The van der Waals surface area contributed by atoms with Crippen molar-refractivity contribution in [3.05, 3.63) is 35.7 Å². The van der Waals surface area contributed by atoms with Crippen molar-refractivity contribution in [2.75, 3.05) is 12.9 Å². The van der Waals surface area contributed by atoms with Gasteiger partial charge in [0.25, 0.3) is 6.43 Å². The van der Waals surface area contributed by atoms with Gasteiger partial charge in [-0.05, 0) is 18.6 Å². The first-order chi connectivity index (χ1) is 11.2. The van der Waals surface area contributed by atoms with E-state index in [1.807, 2.05) is 12.1 Å². The van der Waals surface area contributed by atoms with Gasteiger partial charge in [0.2, 0.25) is 11.0 Å². The number of hydrogen-bond acceptors (Lipinski definition) is 5. The fourth-order valence-corrected chi connectivity index (χ4v) is 2.79. The van der Waals surface area contributed by atoms with E-state index in [1.165, 1.54) is 18.0 Å². The van der Waals surface area contributed by atoms with Crippen LogP contribution in [-0.2, 0) is 0 Å². The summed E-state index contributed by atoms with van der Waals surface area (Å²) in [7, 11) is 1.54. The Morgan fingerprint density at radius 3 is 2.83 bits per heavy atom. The van der Waals surface area contributed by atoms with Crippen molar-refractivity contribution in [1.29, 1.82) is 0 Å². The molecule has 23 heavy (non-hydrogen) atoms. The molecule has 0 fully saturated rings. The van der Waals surface area contributed by atoms with E-state index in [1.54, 1.807) is 19.2 Å². The van der Waals surface area contributed by atoms with Crippen molar-refractivity contribution in [1.82, 2.24) is 14.9 Å². The van der Waals surface area contributed by atoms with E-state index in [0.29, 0.717) is 16.5 Å². The molecular formula is C15H18F2N4OS. The van der Waals surface area contributed by atoms with E-state index in [4.69, 9.17) is 4.74 Å². The van der Waals surface area contributed by atoms with Crippen LogP contribution in [0.15, 0.2) is 34.5 Å². The summed E-state index contributed by atoms with van der Waals surface area (Å²) in [6, 6.07) is 7.21. The molecule has 2 rings (SSSR count). The highest BCUT2D eigenvalue weighted by Gasteiger charge is 2.20. The lowest BCUT2D eigenvalue weighted by molar-refractivity contribution is 0.135. The first-order valence-corrected chi connectivity index (χ1v) is 8.19. The molecule has 0 unspecified atom stereocenters. The van der Waals surface area contributed by atoms with Gasteiger partial charge >= 0.3 is 0 Å². The summed E-state index contributed by atoms with van der Waals surface area (Å²) >= 11 is 1.37. The van der Waals surface area contributed by atoms with Crippen molar-refractivity contribution in [2.24, 2.45) is 5.10 Å². The van der Waals surface area contributed by atoms with Crippen molar-refractivity contribution in [3.8, 4) is 5.75 Å². The number of unbranched alkanes of at least 4 members (excludes halogenated alkanes) is 1. The van der Waals surface area contributed by atoms with Crippen LogP contribution in [-0.4, -0.2) is 34.0 Å². The minimum atomic E-state index is -2.74. The van der Waals surface area contributed by atoms with Crippen LogP contribution in [0.5, 0.6) is 5.75 Å². The van der Waals surface area contributed by atoms with E-state index in [9.17, 15) is 8.78 Å². The first kappa shape index (κ1) is 17.4. The van der Waals surface area contributed by atoms with Crippen LogP contribution in [0.4, 0.5) is 8.78 Å². The Hall–Kier alpha value is -1.96. The average molecular weight is 340 g/mol.